The zero-order valence-corrected chi connectivity index (χ0v) is 8.49. The second kappa shape index (κ2) is 3.46. The molecule has 0 amide bonds. The molecule has 0 aliphatic carbocycles. The highest BCUT2D eigenvalue weighted by atomic mass is 16.5. The van der Waals surface area contributed by atoms with Gasteiger partial charge in [0, 0.05) is 11.3 Å². The Morgan fingerprint density at radius 1 is 1.60 bits per heavy atom. The van der Waals surface area contributed by atoms with E-state index in [1.807, 2.05) is 6.92 Å². The summed E-state index contributed by atoms with van der Waals surface area (Å²) in [6.45, 7) is 1.96. The van der Waals surface area contributed by atoms with Crippen LogP contribution in [-0.2, 0) is 6.42 Å². The molecule has 0 bridgehead atoms. The summed E-state index contributed by atoms with van der Waals surface area (Å²) in [5, 5.41) is 8.87. The summed E-state index contributed by atoms with van der Waals surface area (Å²) in [7, 11) is 0. The number of anilines is 1. The summed E-state index contributed by atoms with van der Waals surface area (Å²) in [5.74, 6) is -0.363. The monoisotopic (exact) mass is 207 g/mol. The van der Waals surface area contributed by atoms with E-state index >= 15 is 0 Å². The third-order valence-corrected chi connectivity index (χ3v) is 2.62. The molecule has 1 aromatic rings. The second-order valence-corrected chi connectivity index (χ2v) is 3.81. The lowest BCUT2D eigenvalue weighted by Crippen LogP contribution is -2.20. The molecule has 2 rings (SSSR count). The van der Waals surface area contributed by atoms with Crippen LogP contribution >= 0.6 is 0 Å². The molecule has 3 N–H and O–H groups in total. The van der Waals surface area contributed by atoms with Gasteiger partial charge in [0.15, 0.2) is 0 Å². The van der Waals surface area contributed by atoms with Crippen molar-refractivity contribution in [3.05, 3.63) is 23.3 Å². The summed E-state index contributed by atoms with van der Waals surface area (Å²) in [6, 6.07) is 3.03. The fourth-order valence-electron chi connectivity index (χ4n) is 1.79. The molecule has 0 aromatic heterocycles. The summed E-state index contributed by atoms with van der Waals surface area (Å²) >= 11 is 0. The summed E-state index contributed by atoms with van der Waals surface area (Å²) in [6.07, 6.45) is 1.90. The van der Waals surface area contributed by atoms with Crippen molar-refractivity contribution < 1.29 is 14.6 Å². The third kappa shape index (κ3) is 1.75. The van der Waals surface area contributed by atoms with Crippen molar-refractivity contribution in [3.63, 3.8) is 0 Å². The zero-order chi connectivity index (χ0) is 11.0. The summed E-state index contributed by atoms with van der Waals surface area (Å²) in [5.41, 5.74) is 7.40. The maximum Gasteiger partial charge on any atom is 0.335 e. The molecule has 0 radical (unpaired) electrons. The van der Waals surface area contributed by atoms with Gasteiger partial charge in [-0.3, -0.25) is 0 Å². The van der Waals surface area contributed by atoms with E-state index in [1.54, 1.807) is 6.07 Å². The Morgan fingerprint density at radius 3 is 3.00 bits per heavy atom. The normalized spacial score (nSPS) is 19.1. The summed E-state index contributed by atoms with van der Waals surface area (Å²) in [4.78, 5) is 10.8. The van der Waals surface area contributed by atoms with Crippen LogP contribution in [0.2, 0.25) is 0 Å². The van der Waals surface area contributed by atoms with Gasteiger partial charge in [-0.2, -0.15) is 0 Å². The van der Waals surface area contributed by atoms with E-state index in [4.69, 9.17) is 15.6 Å². The van der Waals surface area contributed by atoms with Crippen molar-refractivity contribution in [2.45, 2.75) is 25.9 Å². The van der Waals surface area contributed by atoms with E-state index in [0.29, 0.717) is 11.4 Å². The molecule has 0 saturated carbocycles. The number of fused-ring (bicyclic) bond motifs is 1. The van der Waals surface area contributed by atoms with Crippen LogP contribution in [0.15, 0.2) is 12.1 Å². The Balaban J connectivity index is 2.48. The topological polar surface area (TPSA) is 72.6 Å². The lowest BCUT2D eigenvalue weighted by Gasteiger charge is -2.24. The van der Waals surface area contributed by atoms with Gasteiger partial charge < -0.3 is 15.6 Å². The molecule has 15 heavy (non-hydrogen) atoms. The predicted molar refractivity (Wildman–Crippen MR) is 56.2 cm³/mol. The highest BCUT2D eigenvalue weighted by Gasteiger charge is 2.20. The van der Waals surface area contributed by atoms with Gasteiger partial charge in [-0.1, -0.05) is 0 Å². The number of hydrogen-bond acceptors (Lipinski definition) is 3. The lowest BCUT2D eigenvalue weighted by molar-refractivity contribution is 0.0695. The van der Waals surface area contributed by atoms with Crippen LogP contribution in [-0.4, -0.2) is 17.2 Å². The molecular weight excluding hydrogens is 194 g/mol. The number of carboxylic acids is 1. The van der Waals surface area contributed by atoms with Crippen LogP contribution in [0.1, 0.15) is 29.3 Å². The molecule has 1 aliphatic rings. The molecule has 0 fully saturated rings. The van der Waals surface area contributed by atoms with E-state index in [0.717, 1.165) is 18.4 Å². The van der Waals surface area contributed by atoms with Crippen molar-refractivity contribution in [1.29, 1.82) is 0 Å². The van der Waals surface area contributed by atoms with Crippen molar-refractivity contribution >= 4 is 11.7 Å². The summed E-state index contributed by atoms with van der Waals surface area (Å²) < 4.78 is 5.56. The van der Waals surface area contributed by atoms with E-state index in [-0.39, 0.29) is 11.7 Å². The first-order valence-electron chi connectivity index (χ1n) is 4.90. The lowest BCUT2D eigenvalue weighted by atomic mass is 9.99. The fourth-order valence-corrected chi connectivity index (χ4v) is 1.79. The Bertz CT molecular complexity index is 415. The number of ether oxygens (including phenoxy) is 1. The van der Waals surface area contributed by atoms with Gasteiger partial charge in [0.05, 0.1) is 11.7 Å². The molecule has 1 atom stereocenters. The zero-order valence-electron chi connectivity index (χ0n) is 8.49. The van der Waals surface area contributed by atoms with E-state index in [9.17, 15) is 4.79 Å². The Labute approximate surface area is 87.7 Å². The number of nitrogens with two attached hydrogens (primary N) is 1. The maximum absolute atomic E-state index is 10.8. The number of benzene rings is 1. The number of carbonyl (C=O) groups is 1. The van der Waals surface area contributed by atoms with Crippen LogP contribution in [0.5, 0.6) is 5.75 Å². The van der Waals surface area contributed by atoms with E-state index in [1.165, 1.54) is 6.07 Å². The molecule has 1 unspecified atom stereocenters. The van der Waals surface area contributed by atoms with Crippen molar-refractivity contribution in [3.8, 4) is 5.75 Å². The number of rotatable bonds is 1. The van der Waals surface area contributed by atoms with Gasteiger partial charge in [0.1, 0.15) is 5.75 Å². The molecule has 0 spiro atoms. The molecule has 1 heterocycles. The van der Waals surface area contributed by atoms with Gasteiger partial charge in [0.25, 0.3) is 0 Å². The molecule has 4 nitrogen and oxygen atoms in total. The van der Waals surface area contributed by atoms with E-state index < -0.39 is 5.97 Å². The maximum atomic E-state index is 10.8. The highest BCUT2D eigenvalue weighted by Crippen LogP contribution is 2.33. The number of hydrogen-bond donors (Lipinski definition) is 2. The number of nitrogen functional groups attached to an aromatic ring is 1. The van der Waals surface area contributed by atoms with Gasteiger partial charge in [-0.05, 0) is 31.9 Å². The van der Waals surface area contributed by atoms with Gasteiger partial charge >= 0.3 is 5.97 Å². The van der Waals surface area contributed by atoms with Crippen LogP contribution in [0.4, 0.5) is 5.69 Å². The molecule has 80 valence electrons. The average Bonchev–Trinajstić information content (AvgIpc) is 2.16. The molecule has 1 aromatic carbocycles. The second-order valence-electron chi connectivity index (χ2n) is 3.81. The van der Waals surface area contributed by atoms with Gasteiger partial charge in [-0.15, -0.1) is 0 Å². The minimum Gasteiger partial charge on any atom is -0.490 e. The standard InChI is InChI=1S/C11H13NO3/c1-6-2-3-8-9(12)4-7(11(13)14)5-10(8)15-6/h4-6H,2-3,12H2,1H3,(H,13,14). The largest absolute Gasteiger partial charge is 0.490 e. The van der Waals surface area contributed by atoms with Crippen LogP contribution in [0, 0.1) is 0 Å². The predicted octanol–water partition coefficient (Wildman–Crippen LogP) is 1.68. The van der Waals surface area contributed by atoms with Crippen molar-refractivity contribution in [2.75, 3.05) is 5.73 Å². The van der Waals surface area contributed by atoms with Crippen LogP contribution in [0.25, 0.3) is 0 Å². The smallest absolute Gasteiger partial charge is 0.335 e. The highest BCUT2D eigenvalue weighted by molar-refractivity contribution is 5.90. The number of carboxylic acid groups (broad SMARTS) is 1. The molecule has 1 aliphatic heterocycles. The molecule has 4 heteroatoms. The van der Waals surface area contributed by atoms with Crippen molar-refractivity contribution in [2.24, 2.45) is 0 Å². The minimum absolute atomic E-state index is 0.126. The third-order valence-electron chi connectivity index (χ3n) is 2.62. The van der Waals surface area contributed by atoms with Gasteiger partial charge in [0.2, 0.25) is 0 Å². The average molecular weight is 207 g/mol. The van der Waals surface area contributed by atoms with Crippen LogP contribution < -0.4 is 10.5 Å². The minimum atomic E-state index is -0.980. The van der Waals surface area contributed by atoms with Crippen molar-refractivity contribution in [1.82, 2.24) is 0 Å². The first kappa shape index (κ1) is 9.83. The quantitative estimate of drug-likeness (QED) is 0.687. The fraction of sp³-hybridized carbons (Fsp3) is 0.364. The number of aromatic carboxylic acids is 1. The van der Waals surface area contributed by atoms with Crippen LogP contribution in [0.3, 0.4) is 0 Å². The van der Waals surface area contributed by atoms with E-state index in [2.05, 4.69) is 0 Å². The first-order chi connectivity index (χ1) is 7.08. The van der Waals surface area contributed by atoms with Gasteiger partial charge in [-0.25, -0.2) is 4.79 Å². The Morgan fingerprint density at radius 2 is 2.33 bits per heavy atom. The Hall–Kier alpha value is -1.71. The molecular formula is C11H13NO3. The molecule has 0 saturated heterocycles. The SMILES string of the molecule is CC1CCc2c(N)cc(C(=O)O)cc2O1. The first-order valence-corrected chi connectivity index (χ1v) is 4.90. The Kier molecular flexibility index (Phi) is 2.26.